The fourth-order valence-corrected chi connectivity index (χ4v) is 6.54. The van der Waals surface area contributed by atoms with Crippen LogP contribution in [0.15, 0.2) is 30.3 Å². The topological polar surface area (TPSA) is 153 Å². The number of carboxylic acid groups (broad SMARTS) is 1. The molecule has 4 N–H and O–H groups in total. The molecule has 0 saturated carbocycles. The Morgan fingerprint density at radius 1 is 1.19 bits per heavy atom. The van der Waals surface area contributed by atoms with Crippen LogP contribution in [0, 0.1) is 13.4 Å². The molecular weight excluding hydrogens is 694 g/mol. The molecule has 0 aliphatic carbocycles. The summed E-state index contributed by atoms with van der Waals surface area (Å²) < 4.78 is 1.19. The monoisotopic (exact) mass is 720 g/mol. The van der Waals surface area contributed by atoms with Crippen LogP contribution >= 0.6 is 45.2 Å². The molecule has 2 aromatic rings. The number of hydrazine groups is 1. The summed E-state index contributed by atoms with van der Waals surface area (Å²) in [5, 5.41) is 12.3. The largest absolute Gasteiger partial charge is 0.464 e. The first-order chi connectivity index (χ1) is 17.2. The Hall–Kier alpha value is -2.43. The van der Waals surface area contributed by atoms with Gasteiger partial charge in [-0.3, -0.25) is 14.4 Å². The molecule has 2 saturated heterocycles. The summed E-state index contributed by atoms with van der Waals surface area (Å²) in [5.41, 5.74) is 7.09. The van der Waals surface area contributed by atoms with Gasteiger partial charge in [-0.15, -0.1) is 0 Å². The number of imidazole rings is 1. The number of benzene rings is 1. The van der Waals surface area contributed by atoms with Gasteiger partial charge in [0.05, 0.1) is 5.69 Å². The van der Waals surface area contributed by atoms with E-state index in [1.54, 1.807) is 0 Å². The predicted molar refractivity (Wildman–Crippen MR) is 145 cm³/mol. The summed E-state index contributed by atoms with van der Waals surface area (Å²) >= 11 is 4.02. The lowest BCUT2D eigenvalue weighted by Gasteiger charge is -2.37. The third-order valence-corrected chi connectivity index (χ3v) is 8.02. The maximum atomic E-state index is 13.8. The second-order valence-corrected chi connectivity index (χ2v) is 10.9. The highest BCUT2D eigenvalue weighted by Gasteiger charge is 2.46. The van der Waals surface area contributed by atoms with Gasteiger partial charge < -0.3 is 20.7 Å². The van der Waals surface area contributed by atoms with Crippen molar-refractivity contribution < 1.29 is 24.3 Å². The standard InChI is InChI=1S/C23H26I2N6O5/c24-18-15(27-22(25)28-18)12-17(21(34)29-9-4-7-16(29)19(26)32)31(23(35)36)30-10-8-14(20(30)33)11-13-5-2-1-3-6-13/h1-3,5-6,14,16-17H,4,7-12H2,(H2,26,32)(H,27,28)(H,35,36). The van der Waals surface area contributed by atoms with E-state index in [0.29, 0.717) is 45.5 Å². The molecule has 3 heterocycles. The van der Waals surface area contributed by atoms with Gasteiger partial charge in [-0.25, -0.2) is 19.8 Å². The molecule has 2 aliphatic heterocycles. The molecule has 3 atom stereocenters. The van der Waals surface area contributed by atoms with Gasteiger partial charge in [0.15, 0.2) is 3.83 Å². The summed E-state index contributed by atoms with van der Waals surface area (Å²) in [5.74, 6) is -1.94. The normalized spacial score (nSPS) is 20.6. The summed E-state index contributed by atoms with van der Waals surface area (Å²) in [4.78, 5) is 60.5. The first kappa shape index (κ1) is 26.6. The van der Waals surface area contributed by atoms with Crippen LogP contribution in [0.3, 0.4) is 0 Å². The van der Waals surface area contributed by atoms with Crippen molar-refractivity contribution in [2.24, 2.45) is 11.7 Å². The van der Waals surface area contributed by atoms with Crippen molar-refractivity contribution in [2.45, 2.75) is 44.2 Å². The summed E-state index contributed by atoms with van der Waals surface area (Å²) in [7, 11) is 0. The Morgan fingerprint density at radius 2 is 1.92 bits per heavy atom. The van der Waals surface area contributed by atoms with Gasteiger partial charge >= 0.3 is 6.09 Å². The van der Waals surface area contributed by atoms with Gasteiger partial charge in [0.1, 0.15) is 15.8 Å². The molecule has 13 heteroatoms. The third-order valence-electron chi connectivity index (χ3n) is 6.62. The average molecular weight is 720 g/mol. The minimum atomic E-state index is -1.42. The molecule has 36 heavy (non-hydrogen) atoms. The van der Waals surface area contributed by atoms with Crippen molar-refractivity contribution in [1.82, 2.24) is 24.9 Å². The minimum absolute atomic E-state index is 0.0332. The van der Waals surface area contributed by atoms with Crippen molar-refractivity contribution in [3.8, 4) is 0 Å². The quantitative estimate of drug-likeness (QED) is 0.355. The van der Waals surface area contributed by atoms with E-state index in [9.17, 15) is 24.3 Å². The number of H-pyrrole nitrogens is 1. The number of primary amides is 1. The first-order valence-corrected chi connectivity index (χ1v) is 13.7. The Bertz CT molecular complexity index is 1160. The van der Waals surface area contributed by atoms with Gasteiger partial charge in [-0.05, 0) is 76.4 Å². The molecule has 0 radical (unpaired) electrons. The molecule has 2 fully saturated rings. The van der Waals surface area contributed by atoms with Gasteiger partial charge in [-0.2, -0.15) is 0 Å². The Labute approximate surface area is 235 Å². The van der Waals surface area contributed by atoms with Crippen molar-refractivity contribution in [3.63, 3.8) is 0 Å². The van der Waals surface area contributed by atoms with Crippen LogP contribution in [0.1, 0.15) is 30.5 Å². The number of hydrogen-bond acceptors (Lipinski definition) is 5. The number of carbonyl (C=O) groups is 4. The molecule has 3 unspecified atom stereocenters. The summed E-state index contributed by atoms with van der Waals surface area (Å²) in [6.45, 7) is 0.460. The molecule has 4 amide bonds. The number of carbonyl (C=O) groups excluding carboxylic acids is 3. The smallest absolute Gasteiger partial charge is 0.427 e. The fraction of sp³-hybridized carbons (Fsp3) is 0.435. The highest BCUT2D eigenvalue weighted by atomic mass is 127. The minimum Gasteiger partial charge on any atom is -0.464 e. The number of aromatic nitrogens is 2. The second kappa shape index (κ2) is 11.3. The number of nitrogens with zero attached hydrogens (tertiary/aromatic N) is 4. The lowest BCUT2D eigenvalue weighted by molar-refractivity contribution is -0.155. The maximum Gasteiger partial charge on any atom is 0.427 e. The lowest BCUT2D eigenvalue weighted by atomic mass is 9.98. The number of aromatic amines is 1. The van der Waals surface area contributed by atoms with Crippen LogP contribution in [-0.4, -0.2) is 79.0 Å². The van der Waals surface area contributed by atoms with E-state index in [1.807, 2.05) is 75.5 Å². The van der Waals surface area contributed by atoms with Gasteiger partial charge in [-0.1, -0.05) is 30.3 Å². The first-order valence-electron chi connectivity index (χ1n) is 11.5. The van der Waals surface area contributed by atoms with Crippen LogP contribution in [0.4, 0.5) is 4.79 Å². The number of halogens is 2. The van der Waals surface area contributed by atoms with Crippen LogP contribution < -0.4 is 5.73 Å². The van der Waals surface area contributed by atoms with Crippen LogP contribution in [0.2, 0.25) is 0 Å². The van der Waals surface area contributed by atoms with Gasteiger partial charge in [0, 0.05) is 25.4 Å². The summed E-state index contributed by atoms with van der Waals surface area (Å²) in [6, 6.07) is 7.45. The molecule has 0 spiro atoms. The predicted octanol–water partition coefficient (Wildman–Crippen LogP) is 1.99. The third kappa shape index (κ3) is 5.60. The highest BCUT2D eigenvalue weighted by molar-refractivity contribution is 14.1. The number of hydrogen-bond donors (Lipinski definition) is 3. The zero-order valence-electron chi connectivity index (χ0n) is 19.3. The van der Waals surface area contributed by atoms with Crippen molar-refractivity contribution in [2.75, 3.05) is 13.1 Å². The van der Waals surface area contributed by atoms with Crippen LogP contribution in [-0.2, 0) is 27.2 Å². The molecule has 2 aliphatic rings. The van der Waals surface area contributed by atoms with E-state index in [0.717, 1.165) is 10.6 Å². The maximum absolute atomic E-state index is 13.8. The molecule has 4 rings (SSSR count). The van der Waals surface area contributed by atoms with Crippen LogP contribution in [0.25, 0.3) is 0 Å². The fourth-order valence-electron chi connectivity index (χ4n) is 4.91. The van der Waals surface area contributed by atoms with Crippen molar-refractivity contribution in [1.29, 1.82) is 0 Å². The number of nitrogens with one attached hydrogen (secondary N) is 1. The highest BCUT2D eigenvalue weighted by Crippen LogP contribution is 2.28. The zero-order valence-corrected chi connectivity index (χ0v) is 23.6. The molecule has 0 bridgehead atoms. The summed E-state index contributed by atoms with van der Waals surface area (Å²) in [6.07, 6.45) is 0.498. The average Bonchev–Trinajstić information content (AvgIpc) is 3.54. The Morgan fingerprint density at radius 3 is 2.53 bits per heavy atom. The lowest BCUT2D eigenvalue weighted by Crippen LogP contribution is -2.60. The number of likely N-dealkylation sites (tertiary alicyclic amines) is 1. The SMILES string of the molecule is NC(=O)C1CCCN1C(=O)C(Cc1[nH]c(I)nc1I)N(C(=O)O)N1CCC(Cc2ccccc2)C1=O. The van der Waals surface area contributed by atoms with Crippen molar-refractivity contribution in [3.05, 3.63) is 49.1 Å². The van der Waals surface area contributed by atoms with E-state index in [4.69, 9.17) is 5.73 Å². The van der Waals surface area contributed by atoms with Crippen molar-refractivity contribution >= 4 is 69.0 Å². The molecule has 1 aromatic carbocycles. The number of rotatable bonds is 8. The molecule has 192 valence electrons. The molecule has 1 aromatic heterocycles. The number of amides is 4. The van der Waals surface area contributed by atoms with Gasteiger partial charge in [0.2, 0.25) is 17.7 Å². The van der Waals surface area contributed by atoms with E-state index in [1.165, 1.54) is 9.91 Å². The van der Waals surface area contributed by atoms with E-state index in [2.05, 4.69) is 9.97 Å². The van der Waals surface area contributed by atoms with Crippen LogP contribution in [0.5, 0.6) is 0 Å². The Balaban J connectivity index is 1.65. The van der Waals surface area contributed by atoms with E-state index in [-0.39, 0.29) is 18.9 Å². The Kier molecular flexibility index (Phi) is 8.37. The van der Waals surface area contributed by atoms with Gasteiger partial charge in [0.25, 0.3) is 0 Å². The molecular formula is C23H26I2N6O5. The molecule has 11 nitrogen and oxygen atoms in total. The van der Waals surface area contributed by atoms with E-state index >= 15 is 0 Å². The van der Waals surface area contributed by atoms with E-state index < -0.39 is 35.9 Å². The zero-order chi connectivity index (χ0) is 26.0. The number of nitrogens with two attached hydrogens (primary N) is 1. The second-order valence-electron chi connectivity index (χ2n) is 8.87.